The van der Waals surface area contributed by atoms with Crippen LogP contribution in [-0.2, 0) is 0 Å². The third-order valence-electron chi connectivity index (χ3n) is 1.57. The standard InChI is InChI=1S/C10H12N2S/c1-2-10(13)8-11-7-9-5-3-4-6-12-9/h3-7H,2,8H2,1H3. The van der Waals surface area contributed by atoms with Gasteiger partial charge in [-0.2, -0.15) is 0 Å². The number of nitrogens with zero attached hydrogens (tertiary/aromatic N) is 2. The molecule has 1 heterocycles. The number of hydrogen-bond acceptors (Lipinski definition) is 3. The quantitative estimate of drug-likeness (QED) is 0.540. The third-order valence-corrected chi connectivity index (χ3v) is 1.99. The zero-order valence-electron chi connectivity index (χ0n) is 7.60. The molecule has 0 unspecified atom stereocenters. The molecule has 0 aromatic carbocycles. The average molecular weight is 192 g/mol. The summed E-state index contributed by atoms with van der Waals surface area (Å²) in [5.41, 5.74) is 0.876. The Balaban J connectivity index is 2.45. The molecule has 0 aliphatic heterocycles. The second-order valence-corrected chi connectivity index (χ2v) is 3.19. The Morgan fingerprint density at radius 2 is 2.46 bits per heavy atom. The van der Waals surface area contributed by atoms with Crippen molar-refractivity contribution in [2.75, 3.05) is 6.54 Å². The molecule has 1 aromatic heterocycles. The van der Waals surface area contributed by atoms with Crippen LogP contribution >= 0.6 is 12.2 Å². The van der Waals surface area contributed by atoms with E-state index in [2.05, 4.69) is 9.98 Å². The van der Waals surface area contributed by atoms with Crippen molar-refractivity contribution >= 4 is 23.3 Å². The maximum Gasteiger partial charge on any atom is 0.0807 e. The molecule has 0 bridgehead atoms. The predicted octanol–water partition coefficient (Wildman–Crippen LogP) is 2.28. The number of aliphatic imine (C=N–C) groups is 1. The fourth-order valence-electron chi connectivity index (χ4n) is 0.805. The summed E-state index contributed by atoms with van der Waals surface area (Å²) in [7, 11) is 0. The Morgan fingerprint density at radius 3 is 3.08 bits per heavy atom. The predicted molar refractivity (Wildman–Crippen MR) is 59.6 cm³/mol. The minimum atomic E-state index is 0.627. The lowest BCUT2D eigenvalue weighted by atomic mass is 10.3. The van der Waals surface area contributed by atoms with E-state index in [1.165, 1.54) is 0 Å². The van der Waals surface area contributed by atoms with Gasteiger partial charge in [0.15, 0.2) is 0 Å². The van der Waals surface area contributed by atoms with E-state index < -0.39 is 0 Å². The van der Waals surface area contributed by atoms with Crippen molar-refractivity contribution in [3.05, 3.63) is 30.1 Å². The summed E-state index contributed by atoms with van der Waals surface area (Å²) in [4.78, 5) is 9.27. The minimum absolute atomic E-state index is 0.627. The molecule has 3 heteroatoms. The van der Waals surface area contributed by atoms with Crippen LogP contribution in [0.2, 0.25) is 0 Å². The molecule has 0 radical (unpaired) electrons. The Bertz CT molecular complexity index is 293. The molecule has 0 amide bonds. The first-order chi connectivity index (χ1) is 6.33. The SMILES string of the molecule is CCC(=S)CN=Cc1ccccn1. The van der Waals surface area contributed by atoms with E-state index in [-0.39, 0.29) is 0 Å². The minimum Gasteiger partial charge on any atom is -0.286 e. The van der Waals surface area contributed by atoms with Crippen molar-refractivity contribution in [1.29, 1.82) is 0 Å². The Kier molecular flexibility index (Phi) is 4.26. The topological polar surface area (TPSA) is 25.2 Å². The fraction of sp³-hybridized carbons (Fsp3) is 0.300. The average Bonchev–Trinajstić information content (AvgIpc) is 2.19. The summed E-state index contributed by atoms with van der Waals surface area (Å²) in [6, 6.07) is 5.74. The van der Waals surface area contributed by atoms with E-state index in [1.54, 1.807) is 12.4 Å². The van der Waals surface area contributed by atoms with Crippen LogP contribution in [0.25, 0.3) is 0 Å². The molecular weight excluding hydrogens is 180 g/mol. The van der Waals surface area contributed by atoms with Crippen molar-refractivity contribution < 1.29 is 0 Å². The number of thiocarbonyl (C=S) groups is 1. The maximum absolute atomic E-state index is 5.04. The lowest BCUT2D eigenvalue weighted by Gasteiger charge is -1.93. The Morgan fingerprint density at radius 1 is 1.62 bits per heavy atom. The molecule has 0 fully saturated rings. The van der Waals surface area contributed by atoms with Crippen molar-refractivity contribution in [3.63, 3.8) is 0 Å². The monoisotopic (exact) mass is 192 g/mol. The molecule has 68 valence electrons. The first-order valence-electron chi connectivity index (χ1n) is 4.25. The van der Waals surface area contributed by atoms with Gasteiger partial charge in [-0.3, -0.25) is 9.98 Å². The zero-order valence-corrected chi connectivity index (χ0v) is 8.42. The van der Waals surface area contributed by atoms with Gasteiger partial charge in [-0.05, 0) is 18.6 Å². The van der Waals surface area contributed by atoms with Crippen LogP contribution in [0.15, 0.2) is 29.4 Å². The van der Waals surface area contributed by atoms with Gasteiger partial charge in [-0.15, -0.1) is 0 Å². The van der Waals surface area contributed by atoms with E-state index >= 15 is 0 Å². The first-order valence-corrected chi connectivity index (χ1v) is 4.66. The van der Waals surface area contributed by atoms with Crippen molar-refractivity contribution in [2.45, 2.75) is 13.3 Å². The first kappa shape index (κ1) is 9.99. The smallest absolute Gasteiger partial charge is 0.0807 e. The number of rotatable bonds is 4. The van der Waals surface area contributed by atoms with Crippen molar-refractivity contribution in [1.82, 2.24) is 4.98 Å². The lowest BCUT2D eigenvalue weighted by Crippen LogP contribution is -1.97. The molecule has 13 heavy (non-hydrogen) atoms. The molecule has 0 saturated carbocycles. The summed E-state index contributed by atoms with van der Waals surface area (Å²) in [6.07, 6.45) is 4.41. The van der Waals surface area contributed by atoms with Crippen molar-refractivity contribution in [2.24, 2.45) is 4.99 Å². The van der Waals surface area contributed by atoms with Gasteiger partial charge in [-0.1, -0.05) is 25.2 Å². The van der Waals surface area contributed by atoms with Crippen LogP contribution in [0.3, 0.4) is 0 Å². The van der Waals surface area contributed by atoms with Crippen LogP contribution in [-0.4, -0.2) is 22.6 Å². The molecule has 0 saturated heterocycles. The Hall–Kier alpha value is -1.09. The molecule has 0 N–H and O–H groups in total. The molecule has 0 spiro atoms. The van der Waals surface area contributed by atoms with E-state index in [4.69, 9.17) is 12.2 Å². The van der Waals surface area contributed by atoms with Gasteiger partial charge in [0.1, 0.15) is 0 Å². The number of hydrogen-bond donors (Lipinski definition) is 0. The number of aromatic nitrogens is 1. The highest BCUT2D eigenvalue weighted by atomic mass is 32.1. The van der Waals surface area contributed by atoms with Crippen LogP contribution < -0.4 is 0 Å². The van der Waals surface area contributed by atoms with Gasteiger partial charge in [0.2, 0.25) is 0 Å². The molecule has 0 aliphatic rings. The summed E-state index contributed by atoms with van der Waals surface area (Å²) in [6.45, 7) is 2.67. The third kappa shape index (κ3) is 3.90. The second kappa shape index (κ2) is 5.54. The summed E-state index contributed by atoms with van der Waals surface area (Å²) in [5, 5.41) is 0. The Labute approximate surface area is 83.7 Å². The van der Waals surface area contributed by atoms with E-state index in [1.807, 2.05) is 25.1 Å². The zero-order chi connectivity index (χ0) is 9.52. The maximum atomic E-state index is 5.04. The van der Waals surface area contributed by atoms with Crippen LogP contribution in [0.1, 0.15) is 19.0 Å². The summed E-state index contributed by atoms with van der Waals surface area (Å²) >= 11 is 5.04. The van der Waals surface area contributed by atoms with Gasteiger partial charge in [-0.25, -0.2) is 0 Å². The van der Waals surface area contributed by atoms with Crippen LogP contribution in [0.4, 0.5) is 0 Å². The second-order valence-electron chi connectivity index (χ2n) is 2.62. The highest BCUT2D eigenvalue weighted by molar-refractivity contribution is 7.80. The van der Waals surface area contributed by atoms with Crippen LogP contribution in [0, 0.1) is 0 Å². The normalized spacial score (nSPS) is 10.5. The largest absolute Gasteiger partial charge is 0.286 e. The molecular formula is C10H12N2S. The number of pyridine rings is 1. The highest BCUT2D eigenvalue weighted by Gasteiger charge is 1.89. The summed E-state index contributed by atoms with van der Waals surface area (Å²) < 4.78 is 0. The molecule has 2 nitrogen and oxygen atoms in total. The summed E-state index contributed by atoms with van der Waals surface area (Å²) in [5.74, 6) is 0. The van der Waals surface area contributed by atoms with E-state index in [0.29, 0.717) is 6.54 Å². The lowest BCUT2D eigenvalue weighted by molar-refractivity contribution is 1.21. The van der Waals surface area contributed by atoms with E-state index in [9.17, 15) is 0 Å². The van der Waals surface area contributed by atoms with Gasteiger partial charge < -0.3 is 0 Å². The van der Waals surface area contributed by atoms with Gasteiger partial charge in [0.25, 0.3) is 0 Å². The van der Waals surface area contributed by atoms with Crippen LogP contribution in [0.5, 0.6) is 0 Å². The molecule has 0 atom stereocenters. The van der Waals surface area contributed by atoms with Gasteiger partial charge in [0.05, 0.1) is 12.2 Å². The molecule has 0 aliphatic carbocycles. The molecule has 1 aromatic rings. The highest BCUT2D eigenvalue weighted by Crippen LogP contribution is 1.90. The fourth-order valence-corrected chi connectivity index (χ4v) is 0.880. The van der Waals surface area contributed by atoms with Gasteiger partial charge >= 0.3 is 0 Å². The van der Waals surface area contributed by atoms with E-state index in [0.717, 1.165) is 17.0 Å². The van der Waals surface area contributed by atoms with Gasteiger partial charge in [0, 0.05) is 17.3 Å². The van der Waals surface area contributed by atoms with Crippen molar-refractivity contribution in [3.8, 4) is 0 Å². The molecule has 1 rings (SSSR count).